The number of hydrogen-bond donors (Lipinski definition) is 0. The third kappa shape index (κ3) is 4.25. The van der Waals surface area contributed by atoms with Crippen molar-refractivity contribution >= 4 is 32.4 Å². The number of likely N-dealkylation sites (tertiary alicyclic amines) is 1. The number of hydrogen-bond acceptors (Lipinski definition) is 5. The fourth-order valence-electron chi connectivity index (χ4n) is 6.73. The zero-order valence-electron chi connectivity index (χ0n) is 20.7. The first-order valence-electron chi connectivity index (χ1n) is 12.4. The van der Waals surface area contributed by atoms with Gasteiger partial charge in [-0.2, -0.15) is 0 Å². The minimum absolute atomic E-state index is 0.0273. The zero-order valence-corrected chi connectivity index (χ0v) is 21.6. The molecule has 0 radical (unpaired) electrons. The van der Waals surface area contributed by atoms with Gasteiger partial charge in [0.25, 0.3) is 0 Å². The van der Waals surface area contributed by atoms with Gasteiger partial charge >= 0.3 is 0 Å². The number of carbonyl (C=O) groups excluding carboxylic acids is 2. The molecule has 8 heteroatoms. The van der Waals surface area contributed by atoms with E-state index in [-0.39, 0.29) is 27.9 Å². The van der Waals surface area contributed by atoms with Gasteiger partial charge in [-0.15, -0.1) is 0 Å². The standard InChI is InChI=1S/C27H34N2O5S/c1-19-4-5-22-13-24(7-6-21(22)12-19)35(32,33)15-23-14-27(18-34-3)16-26(17-29(27)25(23)31)8-10-28(11-9-26)20(2)30/h4-7,12-13,23H,8-11,14-18H2,1-3H3/t23-,27+/m1/s1. The van der Waals surface area contributed by atoms with Crippen molar-refractivity contribution in [1.82, 2.24) is 9.80 Å². The molecule has 3 heterocycles. The van der Waals surface area contributed by atoms with Crippen LogP contribution in [0, 0.1) is 18.3 Å². The Kier molecular flexibility index (Phi) is 5.95. The summed E-state index contributed by atoms with van der Waals surface area (Å²) >= 11 is 0. The van der Waals surface area contributed by atoms with Crippen molar-refractivity contribution in [3.63, 3.8) is 0 Å². The highest BCUT2D eigenvalue weighted by Gasteiger charge is 2.61. The molecule has 7 nitrogen and oxygen atoms in total. The second-order valence-corrected chi connectivity index (χ2v) is 13.0. The average molecular weight is 499 g/mol. The third-order valence-corrected chi connectivity index (χ3v) is 10.3. The van der Waals surface area contributed by atoms with Gasteiger partial charge in [0.15, 0.2) is 9.84 Å². The van der Waals surface area contributed by atoms with Crippen LogP contribution in [0.15, 0.2) is 41.3 Å². The van der Waals surface area contributed by atoms with Gasteiger partial charge in [0.2, 0.25) is 11.8 Å². The summed E-state index contributed by atoms with van der Waals surface area (Å²) in [7, 11) is -1.99. The summed E-state index contributed by atoms with van der Waals surface area (Å²) in [4.78, 5) is 29.4. The molecule has 0 saturated carbocycles. The molecule has 5 rings (SSSR count). The van der Waals surface area contributed by atoms with Gasteiger partial charge < -0.3 is 14.5 Å². The number of nitrogens with zero attached hydrogens (tertiary/aromatic N) is 2. The topological polar surface area (TPSA) is 84.0 Å². The predicted octanol–water partition coefficient (Wildman–Crippen LogP) is 3.19. The van der Waals surface area contributed by atoms with Crippen molar-refractivity contribution in [2.75, 3.05) is 39.1 Å². The fraction of sp³-hybridized carbons (Fsp3) is 0.556. The quantitative estimate of drug-likeness (QED) is 0.632. The van der Waals surface area contributed by atoms with Crippen LogP contribution >= 0.6 is 0 Å². The van der Waals surface area contributed by atoms with Gasteiger partial charge in [-0.05, 0) is 60.9 Å². The molecule has 3 aliphatic rings. The molecule has 2 aromatic carbocycles. The highest BCUT2D eigenvalue weighted by molar-refractivity contribution is 7.91. The van der Waals surface area contributed by atoms with Crippen molar-refractivity contribution < 1.29 is 22.7 Å². The van der Waals surface area contributed by atoms with Crippen molar-refractivity contribution in [3.8, 4) is 0 Å². The Morgan fingerprint density at radius 3 is 2.49 bits per heavy atom. The number of sulfone groups is 1. The van der Waals surface area contributed by atoms with Crippen molar-refractivity contribution in [2.45, 2.75) is 50.0 Å². The van der Waals surface area contributed by atoms with E-state index in [1.54, 1.807) is 26.2 Å². The minimum atomic E-state index is -3.63. The molecule has 0 aliphatic carbocycles. The maximum atomic E-state index is 13.6. The van der Waals surface area contributed by atoms with Crippen LogP contribution in [0.5, 0.6) is 0 Å². The summed E-state index contributed by atoms with van der Waals surface area (Å²) in [5.41, 5.74) is 0.629. The molecule has 3 saturated heterocycles. The van der Waals surface area contributed by atoms with E-state index in [2.05, 4.69) is 0 Å². The first kappa shape index (κ1) is 24.3. The SMILES string of the molecule is COC[C@@]12C[C@H](CS(=O)(=O)c3ccc4cc(C)ccc4c3)C(=O)N1CC1(CCN(C(C)=O)CC1)C2. The molecule has 188 valence electrons. The number of amides is 2. The Bertz CT molecular complexity index is 1280. The van der Waals surface area contributed by atoms with Crippen LogP contribution < -0.4 is 0 Å². The van der Waals surface area contributed by atoms with Gasteiger partial charge in [0.05, 0.1) is 28.7 Å². The molecule has 35 heavy (non-hydrogen) atoms. The van der Waals surface area contributed by atoms with E-state index < -0.39 is 21.3 Å². The average Bonchev–Trinajstić information content (AvgIpc) is 3.22. The zero-order chi connectivity index (χ0) is 25.0. The van der Waals surface area contributed by atoms with E-state index in [1.165, 1.54) is 0 Å². The van der Waals surface area contributed by atoms with Gasteiger partial charge in [0.1, 0.15) is 0 Å². The van der Waals surface area contributed by atoms with Crippen LogP contribution in [-0.4, -0.2) is 74.7 Å². The first-order chi connectivity index (χ1) is 16.6. The second-order valence-electron chi connectivity index (χ2n) is 11.0. The Hall–Kier alpha value is -2.45. The van der Waals surface area contributed by atoms with E-state index in [4.69, 9.17) is 4.74 Å². The highest BCUT2D eigenvalue weighted by atomic mass is 32.2. The van der Waals surface area contributed by atoms with Gasteiger partial charge in [-0.25, -0.2) is 8.42 Å². The van der Waals surface area contributed by atoms with E-state index in [0.717, 1.165) is 35.6 Å². The number of carbonyl (C=O) groups is 2. The van der Waals surface area contributed by atoms with Crippen LogP contribution in [0.1, 0.15) is 38.2 Å². The van der Waals surface area contributed by atoms with E-state index in [9.17, 15) is 18.0 Å². The van der Waals surface area contributed by atoms with Gasteiger partial charge in [0, 0.05) is 33.7 Å². The maximum absolute atomic E-state index is 13.6. The lowest BCUT2D eigenvalue weighted by atomic mass is 9.72. The lowest BCUT2D eigenvalue weighted by Crippen LogP contribution is -2.44. The summed E-state index contributed by atoms with van der Waals surface area (Å²) in [6.45, 7) is 6.05. The number of ether oxygens (including phenoxy) is 1. The molecule has 2 amide bonds. The Labute approximate surface area is 207 Å². The van der Waals surface area contributed by atoms with E-state index >= 15 is 0 Å². The number of fused-ring (bicyclic) bond motifs is 2. The molecule has 2 aromatic rings. The van der Waals surface area contributed by atoms with Crippen molar-refractivity contribution in [3.05, 3.63) is 42.0 Å². The molecule has 0 bridgehead atoms. The maximum Gasteiger partial charge on any atom is 0.227 e. The molecular formula is C27H34N2O5S. The van der Waals surface area contributed by atoms with Crippen LogP contribution in [0.4, 0.5) is 0 Å². The summed E-state index contributed by atoms with van der Waals surface area (Å²) < 4.78 is 32.3. The van der Waals surface area contributed by atoms with Gasteiger partial charge in [-0.3, -0.25) is 9.59 Å². The van der Waals surface area contributed by atoms with Crippen LogP contribution in [-0.2, 0) is 24.2 Å². The molecule has 3 aliphatic heterocycles. The van der Waals surface area contributed by atoms with Crippen LogP contribution in [0.2, 0.25) is 0 Å². The largest absolute Gasteiger partial charge is 0.382 e. The Balaban J connectivity index is 1.35. The van der Waals surface area contributed by atoms with Crippen molar-refractivity contribution in [2.24, 2.45) is 11.3 Å². The van der Waals surface area contributed by atoms with Crippen LogP contribution in [0.3, 0.4) is 0 Å². The Morgan fingerprint density at radius 2 is 1.80 bits per heavy atom. The molecule has 0 N–H and O–H groups in total. The molecule has 1 spiro atoms. The number of methoxy groups -OCH3 is 1. The summed E-state index contributed by atoms with van der Waals surface area (Å²) in [5, 5.41) is 1.88. The molecule has 3 fully saturated rings. The number of piperidine rings is 1. The normalized spacial score (nSPS) is 26.0. The van der Waals surface area contributed by atoms with E-state index in [0.29, 0.717) is 32.7 Å². The van der Waals surface area contributed by atoms with Crippen LogP contribution in [0.25, 0.3) is 10.8 Å². The molecular weight excluding hydrogens is 464 g/mol. The Morgan fingerprint density at radius 1 is 1.11 bits per heavy atom. The van der Waals surface area contributed by atoms with Crippen molar-refractivity contribution in [1.29, 1.82) is 0 Å². The van der Waals surface area contributed by atoms with Gasteiger partial charge in [-0.1, -0.05) is 29.8 Å². The monoisotopic (exact) mass is 498 g/mol. The van der Waals surface area contributed by atoms with E-state index in [1.807, 2.05) is 41.0 Å². The summed E-state index contributed by atoms with van der Waals surface area (Å²) in [6, 6.07) is 11.1. The molecule has 0 unspecified atom stereocenters. The second kappa shape index (κ2) is 8.59. The predicted molar refractivity (Wildman–Crippen MR) is 134 cm³/mol. The molecule has 2 atom stereocenters. The molecule has 0 aromatic heterocycles. The summed E-state index contributed by atoms with van der Waals surface area (Å²) in [6.07, 6.45) is 3.02. The number of benzene rings is 2. The fourth-order valence-corrected chi connectivity index (χ4v) is 8.29. The smallest absolute Gasteiger partial charge is 0.227 e. The number of rotatable bonds is 5. The first-order valence-corrected chi connectivity index (χ1v) is 14.0. The third-order valence-electron chi connectivity index (χ3n) is 8.44. The lowest BCUT2D eigenvalue weighted by molar-refractivity contribution is -0.134. The highest BCUT2D eigenvalue weighted by Crippen LogP contribution is 2.54. The lowest BCUT2D eigenvalue weighted by Gasteiger charge is -2.39. The number of aryl methyl sites for hydroxylation is 1. The summed E-state index contributed by atoms with van der Waals surface area (Å²) in [5.74, 6) is -0.738. The minimum Gasteiger partial charge on any atom is -0.382 e.